The Bertz CT molecular complexity index is 734. The van der Waals surface area contributed by atoms with E-state index in [4.69, 9.17) is 0 Å². The first kappa shape index (κ1) is 12.4. The van der Waals surface area contributed by atoms with Crippen molar-refractivity contribution in [3.8, 4) is 0 Å². The molecule has 3 rings (SSSR count). The highest BCUT2D eigenvalue weighted by Gasteiger charge is 2.08. The molecular formula is C13H10BrN3OS. The van der Waals surface area contributed by atoms with Crippen molar-refractivity contribution >= 4 is 38.8 Å². The molecule has 0 atom stereocenters. The van der Waals surface area contributed by atoms with Gasteiger partial charge in [-0.3, -0.25) is 4.79 Å². The van der Waals surface area contributed by atoms with Gasteiger partial charge in [0, 0.05) is 25.1 Å². The smallest absolute Gasteiger partial charge is 0.261 e. The van der Waals surface area contributed by atoms with E-state index in [1.165, 1.54) is 11.3 Å². The van der Waals surface area contributed by atoms with Gasteiger partial charge in [0.05, 0.1) is 8.66 Å². The maximum atomic E-state index is 11.9. The Labute approximate surface area is 122 Å². The average molecular weight is 336 g/mol. The molecule has 0 aromatic carbocycles. The molecule has 0 bridgehead atoms. The van der Waals surface area contributed by atoms with Crippen LogP contribution in [0.3, 0.4) is 0 Å². The summed E-state index contributed by atoms with van der Waals surface area (Å²) in [4.78, 5) is 16.8. The number of nitrogens with one attached hydrogen (secondary N) is 1. The summed E-state index contributed by atoms with van der Waals surface area (Å²) >= 11 is 4.77. The molecule has 0 unspecified atom stereocenters. The van der Waals surface area contributed by atoms with Crippen LogP contribution < -0.4 is 5.32 Å². The van der Waals surface area contributed by atoms with E-state index in [9.17, 15) is 4.79 Å². The number of amides is 1. The Morgan fingerprint density at radius 2 is 2.26 bits per heavy atom. The molecule has 19 heavy (non-hydrogen) atoms. The predicted octanol–water partition coefficient (Wildman–Crippen LogP) is 3.09. The van der Waals surface area contributed by atoms with Gasteiger partial charge in [-0.05, 0) is 39.7 Å². The number of nitrogens with zero attached hydrogens (tertiary/aromatic N) is 2. The molecule has 0 saturated heterocycles. The normalized spacial score (nSPS) is 10.8. The van der Waals surface area contributed by atoms with E-state index in [1.54, 1.807) is 6.20 Å². The molecule has 0 aliphatic heterocycles. The van der Waals surface area contributed by atoms with E-state index in [1.807, 2.05) is 41.1 Å². The van der Waals surface area contributed by atoms with E-state index in [0.29, 0.717) is 11.4 Å². The first-order chi connectivity index (χ1) is 9.22. The third-order valence-corrected chi connectivity index (χ3v) is 4.32. The minimum Gasteiger partial charge on any atom is -0.347 e. The van der Waals surface area contributed by atoms with Crippen LogP contribution in [0, 0.1) is 0 Å². The van der Waals surface area contributed by atoms with Crippen molar-refractivity contribution in [2.45, 2.75) is 6.54 Å². The van der Waals surface area contributed by atoms with Gasteiger partial charge in [-0.1, -0.05) is 6.07 Å². The Hall–Kier alpha value is -1.66. The van der Waals surface area contributed by atoms with E-state index in [0.717, 1.165) is 15.0 Å². The number of imidazole rings is 1. The van der Waals surface area contributed by atoms with Crippen LogP contribution in [-0.2, 0) is 6.54 Å². The molecule has 0 fully saturated rings. The molecule has 3 aromatic rings. The molecule has 96 valence electrons. The number of halogens is 1. The second-order valence-corrected chi connectivity index (χ2v) is 6.48. The lowest BCUT2D eigenvalue weighted by atomic mass is 10.3. The van der Waals surface area contributed by atoms with Gasteiger partial charge in [0.2, 0.25) is 0 Å². The summed E-state index contributed by atoms with van der Waals surface area (Å²) in [5, 5.41) is 2.90. The van der Waals surface area contributed by atoms with Crippen molar-refractivity contribution in [1.82, 2.24) is 14.7 Å². The van der Waals surface area contributed by atoms with Gasteiger partial charge >= 0.3 is 0 Å². The zero-order chi connectivity index (χ0) is 13.2. The summed E-state index contributed by atoms with van der Waals surface area (Å²) in [6, 6.07) is 7.58. The minimum absolute atomic E-state index is 0.0542. The largest absolute Gasteiger partial charge is 0.347 e. The van der Waals surface area contributed by atoms with Gasteiger partial charge in [-0.15, -0.1) is 11.3 Å². The van der Waals surface area contributed by atoms with E-state index >= 15 is 0 Å². The van der Waals surface area contributed by atoms with E-state index in [-0.39, 0.29) is 5.91 Å². The van der Waals surface area contributed by atoms with Gasteiger partial charge in [0.25, 0.3) is 5.91 Å². The Morgan fingerprint density at radius 3 is 3.05 bits per heavy atom. The average Bonchev–Trinajstić information content (AvgIpc) is 3.03. The zero-order valence-electron chi connectivity index (χ0n) is 9.84. The van der Waals surface area contributed by atoms with Crippen molar-refractivity contribution < 1.29 is 4.79 Å². The number of carbonyl (C=O) groups excluding carboxylic acids is 1. The molecular weight excluding hydrogens is 326 g/mol. The summed E-state index contributed by atoms with van der Waals surface area (Å²) < 4.78 is 2.89. The Balaban J connectivity index is 1.70. The minimum atomic E-state index is -0.0542. The van der Waals surface area contributed by atoms with Crippen LogP contribution in [0.2, 0.25) is 0 Å². The number of hydrogen-bond donors (Lipinski definition) is 1. The molecule has 4 nitrogen and oxygen atoms in total. The molecule has 0 aliphatic carbocycles. The Morgan fingerprint density at radius 1 is 1.37 bits per heavy atom. The van der Waals surface area contributed by atoms with Crippen molar-refractivity contribution in [3.05, 3.63) is 57.1 Å². The predicted molar refractivity (Wildman–Crippen MR) is 78.4 cm³/mol. The first-order valence-corrected chi connectivity index (χ1v) is 7.28. The maximum Gasteiger partial charge on any atom is 0.261 e. The van der Waals surface area contributed by atoms with Crippen LogP contribution in [0.4, 0.5) is 0 Å². The fraction of sp³-hybridized carbons (Fsp3) is 0.0769. The molecule has 1 N–H and O–H groups in total. The van der Waals surface area contributed by atoms with Crippen LogP contribution in [0.1, 0.15) is 15.2 Å². The van der Waals surface area contributed by atoms with Crippen molar-refractivity contribution in [1.29, 1.82) is 0 Å². The lowest BCUT2D eigenvalue weighted by Crippen LogP contribution is -2.21. The van der Waals surface area contributed by atoms with Gasteiger partial charge in [-0.2, -0.15) is 0 Å². The lowest BCUT2D eigenvalue weighted by molar-refractivity contribution is 0.0955. The molecule has 0 aliphatic rings. The van der Waals surface area contributed by atoms with E-state index < -0.39 is 0 Å². The summed E-state index contributed by atoms with van der Waals surface area (Å²) in [5.74, 6) is -0.0542. The molecule has 0 radical (unpaired) electrons. The van der Waals surface area contributed by atoms with Gasteiger partial charge in [0.1, 0.15) is 5.65 Å². The number of rotatable bonds is 3. The van der Waals surface area contributed by atoms with Crippen molar-refractivity contribution in [2.75, 3.05) is 0 Å². The highest BCUT2D eigenvalue weighted by molar-refractivity contribution is 9.11. The molecule has 3 aromatic heterocycles. The molecule has 6 heteroatoms. The lowest BCUT2D eigenvalue weighted by Gasteiger charge is -2.04. The Kier molecular flexibility index (Phi) is 3.35. The van der Waals surface area contributed by atoms with E-state index in [2.05, 4.69) is 26.2 Å². The number of fused-ring (bicyclic) bond motifs is 1. The second-order valence-electron chi connectivity index (χ2n) is 4.02. The molecule has 3 heterocycles. The third kappa shape index (κ3) is 2.69. The summed E-state index contributed by atoms with van der Waals surface area (Å²) in [7, 11) is 0. The van der Waals surface area contributed by atoms with Crippen LogP contribution in [-0.4, -0.2) is 15.3 Å². The first-order valence-electron chi connectivity index (χ1n) is 5.67. The van der Waals surface area contributed by atoms with Gasteiger partial charge in [-0.25, -0.2) is 4.98 Å². The zero-order valence-corrected chi connectivity index (χ0v) is 12.2. The van der Waals surface area contributed by atoms with Crippen LogP contribution in [0.15, 0.2) is 46.6 Å². The van der Waals surface area contributed by atoms with Crippen LogP contribution in [0.5, 0.6) is 0 Å². The van der Waals surface area contributed by atoms with Crippen molar-refractivity contribution in [2.24, 2.45) is 0 Å². The van der Waals surface area contributed by atoms with Crippen LogP contribution >= 0.6 is 27.3 Å². The number of pyridine rings is 1. The maximum absolute atomic E-state index is 11.9. The standard InChI is InChI=1S/C13H10BrN3OS/c14-11-3-2-10(19-11)13(18)16-7-9-1-4-12-15-5-6-17(12)8-9/h1-6,8H,7H2,(H,16,18). The summed E-state index contributed by atoms with van der Waals surface area (Å²) in [6.07, 6.45) is 5.60. The van der Waals surface area contributed by atoms with Crippen molar-refractivity contribution in [3.63, 3.8) is 0 Å². The highest BCUT2D eigenvalue weighted by atomic mass is 79.9. The third-order valence-electron chi connectivity index (χ3n) is 2.70. The van der Waals surface area contributed by atoms with Crippen LogP contribution in [0.25, 0.3) is 5.65 Å². The fourth-order valence-corrected chi connectivity index (χ4v) is 3.08. The topological polar surface area (TPSA) is 46.4 Å². The second kappa shape index (κ2) is 5.14. The summed E-state index contributed by atoms with van der Waals surface area (Å²) in [5.41, 5.74) is 1.94. The number of hydrogen-bond acceptors (Lipinski definition) is 3. The number of carbonyl (C=O) groups is 1. The monoisotopic (exact) mass is 335 g/mol. The van der Waals surface area contributed by atoms with Gasteiger partial charge < -0.3 is 9.72 Å². The SMILES string of the molecule is O=C(NCc1ccc2nccn2c1)c1ccc(Br)s1. The summed E-state index contributed by atoms with van der Waals surface area (Å²) in [6.45, 7) is 0.502. The quantitative estimate of drug-likeness (QED) is 0.799. The fourth-order valence-electron chi connectivity index (χ4n) is 1.78. The highest BCUT2D eigenvalue weighted by Crippen LogP contribution is 2.21. The molecule has 0 spiro atoms. The molecule has 1 amide bonds. The number of aromatic nitrogens is 2. The van der Waals surface area contributed by atoms with Gasteiger partial charge in [0.15, 0.2) is 0 Å². The molecule has 0 saturated carbocycles. The number of thiophene rings is 1.